The fourth-order valence-electron chi connectivity index (χ4n) is 2.70. The molecule has 0 amide bonds. The highest BCUT2D eigenvalue weighted by atomic mass is 16.5. The quantitative estimate of drug-likeness (QED) is 0.293. The van der Waals surface area contributed by atoms with Gasteiger partial charge in [-0.3, -0.25) is 4.79 Å². The van der Waals surface area contributed by atoms with Crippen molar-refractivity contribution in [2.75, 3.05) is 26.4 Å². The summed E-state index contributed by atoms with van der Waals surface area (Å²) in [6, 6.07) is 0. The van der Waals surface area contributed by atoms with Crippen molar-refractivity contribution < 1.29 is 19.4 Å². The van der Waals surface area contributed by atoms with E-state index < -0.39 is 5.97 Å². The van der Waals surface area contributed by atoms with Crippen LogP contribution in [0.15, 0.2) is 0 Å². The summed E-state index contributed by atoms with van der Waals surface area (Å²) in [5.41, 5.74) is 0. The van der Waals surface area contributed by atoms with Crippen molar-refractivity contribution in [2.45, 2.75) is 96.8 Å². The van der Waals surface area contributed by atoms with Gasteiger partial charge < -0.3 is 14.6 Å². The van der Waals surface area contributed by atoms with Crippen molar-refractivity contribution in [1.82, 2.24) is 0 Å². The van der Waals surface area contributed by atoms with Crippen LogP contribution in [-0.2, 0) is 14.3 Å². The van der Waals surface area contributed by atoms with Crippen molar-refractivity contribution in [3.8, 4) is 0 Å². The van der Waals surface area contributed by atoms with Gasteiger partial charge in [0.1, 0.15) is 0 Å². The van der Waals surface area contributed by atoms with Crippen LogP contribution in [0.3, 0.4) is 0 Å². The van der Waals surface area contributed by atoms with Crippen LogP contribution in [0, 0.1) is 0 Å². The van der Waals surface area contributed by atoms with Gasteiger partial charge in [0, 0.05) is 6.61 Å². The highest BCUT2D eigenvalue weighted by Crippen LogP contribution is 2.12. The first kappa shape index (κ1) is 23.4. The summed E-state index contributed by atoms with van der Waals surface area (Å²) < 4.78 is 10.6. The zero-order valence-electron chi connectivity index (χ0n) is 15.9. The summed E-state index contributed by atoms with van der Waals surface area (Å²) in [5.74, 6) is -0.817. The van der Waals surface area contributed by atoms with Gasteiger partial charge in [-0.1, -0.05) is 84.0 Å². The average Bonchev–Trinajstić information content (AvgIpc) is 2.56. The van der Waals surface area contributed by atoms with Crippen LogP contribution in [-0.4, -0.2) is 37.5 Å². The number of carboxylic acids is 1. The Bertz CT molecular complexity index is 256. The second-order valence-electron chi connectivity index (χ2n) is 6.61. The summed E-state index contributed by atoms with van der Waals surface area (Å²) in [7, 11) is 0. The summed E-state index contributed by atoms with van der Waals surface area (Å²) in [6.07, 6.45) is 17.7. The van der Waals surface area contributed by atoms with Gasteiger partial charge in [0.05, 0.1) is 26.2 Å². The number of unbranched alkanes of at least 4 members (excludes halogenated alkanes) is 12. The molecule has 0 saturated heterocycles. The number of carbonyl (C=O) groups is 1. The maximum Gasteiger partial charge on any atom is 0.305 e. The van der Waals surface area contributed by atoms with E-state index in [1.165, 1.54) is 77.0 Å². The van der Waals surface area contributed by atoms with Gasteiger partial charge in [0.25, 0.3) is 0 Å². The third-order valence-corrected chi connectivity index (χ3v) is 4.22. The molecule has 4 heteroatoms. The monoisotopic (exact) mass is 344 g/mol. The van der Waals surface area contributed by atoms with E-state index in [4.69, 9.17) is 14.6 Å². The van der Waals surface area contributed by atoms with Crippen molar-refractivity contribution in [1.29, 1.82) is 0 Å². The number of hydrogen-bond acceptors (Lipinski definition) is 3. The van der Waals surface area contributed by atoms with Crippen LogP contribution in [0.5, 0.6) is 0 Å². The lowest BCUT2D eigenvalue weighted by Crippen LogP contribution is -2.08. The molecular weight excluding hydrogens is 304 g/mol. The third kappa shape index (κ3) is 21.4. The first-order chi connectivity index (χ1) is 11.8. The summed E-state index contributed by atoms with van der Waals surface area (Å²) >= 11 is 0. The molecule has 144 valence electrons. The maximum absolute atomic E-state index is 10.3. The van der Waals surface area contributed by atoms with Gasteiger partial charge in [-0.05, 0) is 6.42 Å². The molecule has 1 N–H and O–H groups in total. The van der Waals surface area contributed by atoms with Crippen LogP contribution < -0.4 is 0 Å². The van der Waals surface area contributed by atoms with E-state index in [0.717, 1.165) is 13.0 Å². The van der Waals surface area contributed by atoms with Crippen LogP contribution in [0.4, 0.5) is 0 Å². The molecule has 0 fully saturated rings. The number of hydrogen-bond donors (Lipinski definition) is 1. The topological polar surface area (TPSA) is 55.8 Å². The Labute approximate surface area is 149 Å². The molecule has 0 spiro atoms. The molecule has 0 aromatic heterocycles. The normalized spacial score (nSPS) is 11.0. The Morgan fingerprint density at radius 3 is 1.50 bits per heavy atom. The standard InChI is InChI=1S/C20H40O4/c1-2-3-4-5-6-7-8-9-10-11-12-13-14-16-23-18-19-24-17-15-20(21)22/h2-19H2,1H3,(H,21,22). The minimum absolute atomic E-state index is 0.0683. The minimum Gasteiger partial charge on any atom is -0.481 e. The molecule has 0 saturated carbocycles. The molecule has 0 aliphatic heterocycles. The van der Waals surface area contributed by atoms with Gasteiger partial charge >= 0.3 is 5.97 Å². The van der Waals surface area contributed by atoms with E-state index in [-0.39, 0.29) is 13.0 Å². The second kappa shape index (κ2) is 20.4. The lowest BCUT2D eigenvalue weighted by atomic mass is 10.0. The molecule has 0 aliphatic rings. The van der Waals surface area contributed by atoms with Crippen LogP contribution in [0.2, 0.25) is 0 Å². The Morgan fingerprint density at radius 1 is 0.625 bits per heavy atom. The molecule has 4 nitrogen and oxygen atoms in total. The van der Waals surface area contributed by atoms with Crippen LogP contribution in [0.1, 0.15) is 96.8 Å². The fraction of sp³-hybridized carbons (Fsp3) is 0.950. The van der Waals surface area contributed by atoms with Crippen LogP contribution in [0.25, 0.3) is 0 Å². The molecule has 0 atom stereocenters. The van der Waals surface area contributed by atoms with E-state index in [1.54, 1.807) is 0 Å². The third-order valence-electron chi connectivity index (χ3n) is 4.22. The average molecular weight is 345 g/mol. The summed E-state index contributed by atoms with van der Waals surface area (Å²) in [5, 5.41) is 8.45. The van der Waals surface area contributed by atoms with Gasteiger partial charge in [0.2, 0.25) is 0 Å². The smallest absolute Gasteiger partial charge is 0.305 e. The van der Waals surface area contributed by atoms with Gasteiger partial charge in [-0.25, -0.2) is 0 Å². The lowest BCUT2D eigenvalue weighted by molar-refractivity contribution is -0.138. The van der Waals surface area contributed by atoms with Crippen molar-refractivity contribution >= 4 is 5.97 Å². The van der Waals surface area contributed by atoms with Gasteiger partial charge in [-0.15, -0.1) is 0 Å². The predicted octanol–water partition coefficient (Wildman–Crippen LogP) is 5.59. The molecule has 0 heterocycles. The molecule has 0 radical (unpaired) electrons. The lowest BCUT2D eigenvalue weighted by Gasteiger charge is -2.05. The highest BCUT2D eigenvalue weighted by molar-refractivity contribution is 5.66. The molecular formula is C20H40O4. The number of aliphatic carboxylic acids is 1. The highest BCUT2D eigenvalue weighted by Gasteiger charge is 1.97. The van der Waals surface area contributed by atoms with E-state index in [9.17, 15) is 4.79 Å². The molecule has 0 aromatic rings. The molecule has 0 aliphatic carbocycles. The fourth-order valence-corrected chi connectivity index (χ4v) is 2.70. The summed E-state index contributed by atoms with van der Waals surface area (Å²) in [4.78, 5) is 10.3. The van der Waals surface area contributed by atoms with Crippen molar-refractivity contribution in [3.05, 3.63) is 0 Å². The zero-order valence-corrected chi connectivity index (χ0v) is 15.9. The first-order valence-electron chi connectivity index (χ1n) is 10.1. The Kier molecular flexibility index (Phi) is 19.9. The van der Waals surface area contributed by atoms with Crippen molar-refractivity contribution in [2.24, 2.45) is 0 Å². The van der Waals surface area contributed by atoms with Gasteiger partial charge in [-0.2, -0.15) is 0 Å². The molecule has 24 heavy (non-hydrogen) atoms. The van der Waals surface area contributed by atoms with E-state index in [0.29, 0.717) is 13.2 Å². The maximum atomic E-state index is 10.3. The van der Waals surface area contributed by atoms with Crippen molar-refractivity contribution in [3.63, 3.8) is 0 Å². The summed E-state index contributed by atoms with van der Waals surface area (Å²) in [6.45, 7) is 4.40. The van der Waals surface area contributed by atoms with E-state index in [1.807, 2.05) is 0 Å². The molecule has 0 unspecified atom stereocenters. The largest absolute Gasteiger partial charge is 0.481 e. The first-order valence-corrected chi connectivity index (χ1v) is 10.1. The Balaban J connectivity index is 2.97. The van der Waals surface area contributed by atoms with Gasteiger partial charge in [0.15, 0.2) is 0 Å². The minimum atomic E-state index is -0.817. The van der Waals surface area contributed by atoms with E-state index in [2.05, 4.69) is 6.92 Å². The Hall–Kier alpha value is -0.610. The molecule has 0 aromatic carbocycles. The number of carboxylic acid groups (broad SMARTS) is 1. The predicted molar refractivity (Wildman–Crippen MR) is 99.6 cm³/mol. The van der Waals surface area contributed by atoms with Crippen LogP contribution >= 0.6 is 0 Å². The molecule has 0 rings (SSSR count). The number of ether oxygens (including phenoxy) is 2. The zero-order chi connectivity index (χ0) is 17.7. The SMILES string of the molecule is CCCCCCCCCCCCCCCOCCOCCC(=O)O. The Morgan fingerprint density at radius 2 is 1.04 bits per heavy atom. The molecule has 0 bridgehead atoms. The van der Waals surface area contributed by atoms with E-state index >= 15 is 0 Å². The number of rotatable bonds is 20. The second-order valence-corrected chi connectivity index (χ2v) is 6.61.